The predicted octanol–water partition coefficient (Wildman–Crippen LogP) is 2.83. The smallest absolute Gasteiger partial charge is 0.126 e. The van der Waals surface area contributed by atoms with Crippen molar-refractivity contribution in [2.75, 3.05) is 0 Å². The van der Waals surface area contributed by atoms with E-state index in [1.165, 1.54) is 6.07 Å². The standard InChI is InChI=1S/C12H13FN2S/c1-8-15-12(7-16-8)11(14)6-9-4-2-3-5-10(9)13/h2-5,7,11H,6,14H2,1H3. The van der Waals surface area contributed by atoms with Gasteiger partial charge in [0, 0.05) is 5.38 Å². The number of nitrogens with zero attached hydrogens (tertiary/aromatic N) is 1. The van der Waals surface area contributed by atoms with Crippen LogP contribution in [0, 0.1) is 12.7 Å². The predicted molar refractivity (Wildman–Crippen MR) is 63.9 cm³/mol. The lowest BCUT2D eigenvalue weighted by Gasteiger charge is -2.09. The van der Waals surface area contributed by atoms with E-state index in [0.29, 0.717) is 12.0 Å². The Kier molecular flexibility index (Phi) is 3.31. The van der Waals surface area contributed by atoms with Gasteiger partial charge in [-0.05, 0) is 25.0 Å². The summed E-state index contributed by atoms with van der Waals surface area (Å²) in [7, 11) is 0. The minimum Gasteiger partial charge on any atom is -0.322 e. The molecule has 1 aromatic carbocycles. The summed E-state index contributed by atoms with van der Waals surface area (Å²) >= 11 is 1.56. The van der Waals surface area contributed by atoms with Gasteiger partial charge in [-0.3, -0.25) is 0 Å². The second-order valence-corrected chi connectivity index (χ2v) is 4.76. The number of benzene rings is 1. The van der Waals surface area contributed by atoms with E-state index in [1.54, 1.807) is 23.5 Å². The van der Waals surface area contributed by atoms with Crippen molar-refractivity contribution in [3.05, 3.63) is 51.7 Å². The van der Waals surface area contributed by atoms with Crippen molar-refractivity contribution in [3.63, 3.8) is 0 Å². The SMILES string of the molecule is Cc1nc(C(N)Cc2ccccc2F)cs1. The van der Waals surface area contributed by atoms with Crippen molar-refractivity contribution < 1.29 is 4.39 Å². The quantitative estimate of drug-likeness (QED) is 0.890. The Labute approximate surface area is 97.9 Å². The van der Waals surface area contributed by atoms with Crippen molar-refractivity contribution in [1.82, 2.24) is 4.98 Å². The minimum atomic E-state index is -0.234. The maximum atomic E-state index is 13.4. The molecule has 2 rings (SSSR count). The highest BCUT2D eigenvalue weighted by molar-refractivity contribution is 7.09. The third kappa shape index (κ3) is 2.46. The molecule has 0 aliphatic heterocycles. The Balaban J connectivity index is 2.13. The van der Waals surface area contributed by atoms with Gasteiger partial charge >= 0.3 is 0 Å². The molecule has 0 aliphatic rings. The van der Waals surface area contributed by atoms with Crippen LogP contribution in [0.3, 0.4) is 0 Å². The summed E-state index contributed by atoms with van der Waals surface area (Å²) in [5.41, 5.74) is 7.46. The number of rotatable bonds is 3. The maximum absolute atomic E-state index is 13.4. The van der Waals surface area contributed by atoms with Gasteiger partial charge in [-0.1, -0.05) is 18.2 Å². The van der Waals surface area contributed by atoms with Crippen LogP contribution in [0.2, 0.25) is 0 Å². The molecule has 0 saturated heterocycles. The Morgan fingerprint density at radius 2 is 2.19 bits per heavy atom. The van der Waals surface area contributed by atoms with E-state index >= 15 is 0 Å². The molecule has 2 nitrogen and oxygen atoms in total. The molecule has 0 bridgehead atoms. The summed E-state index contributed by atoms with van der Waals surface area (Å²) in [4.78, 5) is 4.31. The van der Waals surface area contributed by atoms with Crippen LogP contribution in [0.4, 0.5) is 4.39 Å². The van der Waals surface area contributed by atoms with E-state index in [4.69, 9.17) is 5.73 Å². The summed E-state index contributed by atoms with van der Waals surface area (Å²) in [5.74, 6) is -0.204. The molecule has 2 N–H and O–H groups in total. The first-order valence-electron chi connectivity index (χ1n) is 5.08. The van der Waals surface area contributed by atoms with Crippen molar-refractivity contribution >= 4 is 11.3 Å². The van der Waals surface area contributed by atoms with E-state index in [9.17, 15) is 4.39 Å². The third-order valence-electron chi connectivity index (χ3n) is 2.41. The zero-order chi connectivity index (χ0) is 11.5. The number of aromatic nitrogens is 1. The van der Waals surface area contributed by atoms with Gasteiger partial charge in [0.25, 0.3) is 0 Å². The van der Waals surface area contributed by atoms with Gasteiger partial charge in [-0.25, -0.2) is 9.37 Å². The Hall–Kier alpha value is -1.26. The van der Waals surface area contributed by atoms with E-state index in [2.05, 4.69) is 4.98 Å². The third-order valence-corrected chi connectivity index (χ3v) is 3.21. The molecule has 0 radical (unpaired) electrons. The minimum absolute atomic E-state index is 0.204. The van der Waals surface area contributed by atoms with Gasteiger partial charge in [0.1, 0.15) is 5.82 Å². The van der Waals surface area contributed by atoms with Crippen LogP contribution in [0.25, 0.3) is 0 Å². The molecule has 1 unspecified atom stereocenters. The van der Waals surface area contributed by atoms with Gasteiger partial charge in [0.2, 0.25) is 0 Å². The summed E-state index contributed by atoms with van der Waals surface area (Å²) in [5, 5.41) is 2.92. The number of halogens is 1. The molecule has 0 fully saturated rings. The lowest BCUT2D eigenvalue weighted by molar-refractivity contribution is 0.590. The molecule has 0 amide bonds. The van der Waals surface area contributed by atoms with Crippen LogP contribution >= 0.6 is 11.3 Å². The van der Waals surface area contributed by atoms with Crippen molar-refractivity contribution in [1.29, 1.82) is 0 Å². The zero-order valence-electron chi connectivity index (χ0n) is 8.98. The molecular formula is C12H13FN2S. The molecular weight excluding hydrogens is 223 g/mol. The molecule has 1 heterocycles. The molecule has 0 aliphatic carbocycles. The monoisotopic (exact) mass is 236 g/mol. The summed E-state index contributed by atoms with van der Waals surface area (Å²) in [6.07, 6.45) is 0.482. The molecule has 2 aromatic rings. The number of thiazole rings is 1. The van der Waals surface area contributed by atoms with Gasteiger partial charge in [-0.2, -0.15) is 0 Å². The molecule has 1 aromatic heterocycles. The normalized spacial score (nSPS) is 12.7. The van der Waals surface area contributed by atoms with Gasteiger partial charge < -0.3 is 5.73 Å². The molecule has 1 atom stereocenters. The van der Waals surface area contributed by atoms with Crippen molar-refractivity contribution in [3.8, 4) is 0 Å². The first-order valence-corrected chi connectivity index (χ1v) is 5.96. The highest BCUT2D eigenvalue weighted by Crippen LogP contribution is 2.19. The second kappa shape index (κ2) is 4.72. The van der Waals surface area contributed by atoms with Crippen LogP contribution in [0.15, 0.2) is 29.6 Å². The summed E-state index contributed by atoms with van der Waals surface area (Å²) < 4.78 is 13.4. The van der Waals surface area contributed by atoms with E-state index in [-0.39, 0.29) is 11.9 Å². The number of hydrogen-bond donors (Lipinski definition) is 1. The van der Waals surface area contributed by atoms with Crippen LogP contribution < -0.4 is 5.73 Å². The highest BCUT2D eigenvalue weighted by Gasteiger charge is 2.12. The fraction of sp³-hybridized carbons (Fsp3) is 0.250. The van der Waals surface area contributed by atoms with Crippen LogP contribution in [0.5, 0.6) is 0 Å². The van der Waals surface area contributed by atoms with Gasteiger partial charge in [0.05, 0.1) is 16.7 Å². The van der Waals surface area contributed by atoms with Crippen LogP contribution in [-0.4, -0.2) is 4.98 Å². The average Bonchev–Trinajstić information content (AvgIpc) is 2.68. The van der Waals surface area contributed by atoms with Crippen LogP contribution in [0.1, 0.15) is 22.3 Å². The van der Waals surface area contributed by atoms with E-state index < -0.39 is 0 Å². The zero-order valence-corrected chi connectivity index (χ0v) is 9.80. The number of hydrogen-bond acceptors (Lipinski definition) is 3. The highest BCUT2D eigenvalue weighted by atomic mass is 32.1. The molecule has 16 heavy (non-hydrogen) atoms. The largest absolute Gasteiger partial charge is 0.322 e. The van der Waals surface area contributed by atoms with E-state index in [1.807, 2.05) is 18.4 Å². The Morgan fingerprint density at radius 1 is 1.44 bits per heavy atom. The first-order chi connectivity index (χ1) is 7.66. The number of aryl methyl sites for hydroxylation is 1. The number of nitrogens with two attached hydrogens (primary N) is 1. The van der Waals surface area contributed by atoms with Gasteiger partial charge in [-0.15, -0.1) is 11.3 Å². The fourth-order valence-corrected chi connectivity index (χ4v) is 2.23. The Bertz CT molecular complexity index is 481. The van der Waals surface area contributed by atoms with Crippen molar-refractivity contribution in [2.24, 2.45) is 5.73 Å². The summed E-state index contributed by atoms with van der Waals surface area (Å²) in [6, 6.07) is 6.47. The second-order valence-electron chi connectivity index (χ2n) is 3.69. The first kappa shape index (κ1) is 11.2. The lowest BCUT2D eigenvalue weighted by Crippen LogP contribution is -2.14. The average molecular weight is 236 g/mol. The molecule has 84 valence electrons. The van der Waals surface area contributed by atoms with Crippen LogP contribution in [-0.2, 0) is 6.42 Å². The fourth-order valence-electron chi connectivity index (χ4n) is 1.56. The maximum Gasteiger partial charge on any atom is 0.126 e. The topological polar surface area (TPSA) is 38.9 Å². The molecule has 0 spiro atoms. The Morgan fingerprint density at radius 3 is 2.81 bits per heavy atom. The summed E-state index contributed by atoms with van der Waals surface area (Å²) in [6.45, 7) is 1.93. The van der Waals surface area contributed by atoms with Crippen molar-refractivity contribution in [2.45, 2.75) is 19.4 Å². The van der Waals surface area contributed by atoms with Gasteiger partial charge in [0.15, 0.2) is 0 Å². The molecule has 4 heteroatoms. The van der Waals surface area contributed by atoms with E-state index in [0.717, 1.165) is 10.7 Å². The lowest BCUT2D eigenvalue weighted by atomic mass is 10.0. The molecule has 0 saturated carbocycles.